The molecule has 0 saturated heterocycles. The summed E-state index contributed by atoms with van der Waals surface area (Å²) in [4.78, 5) is 22.3. The molecule has 0 N–H and O–H groups in total. The third kappa shape index (κ3) is 7.25. The van der Waals surface area contributed by atoms with Crippen molar-refractivity contribution in [1.82, 2.24) is 0 Å². The minimum atomic E-state index is -1.18. The van der Waals surface area contributed by atoms with Gasteiger partial charge in [-0.3, -0.25) is 0 Å². The summed E-state index contributed by atoms with van der Waals surface area (Å²) in [5.74, 6) is -3.37. The van der Waals surface area contributed by atoms with Gasteiger partial charge in [0.2, 0.25) is 5.82 Å². The van der Waals surface area contributed by atoms with Crippen molar-refractivity contribution in [3.63, 3.8) is 0 Å². The summed E-state index contributed by atoms with van der Waals surface area (Å²) in [5, 5.41) is 0. The zero-order valence-electron chi connectivity index (χ0n) is 19.8. The number of esters is 2. The van der Waals surface area contributed by atoms with Crippen LogP contribution in [0, 0.1) is 11.6 Å². The molecular weight excluding hydrogens is 482 g/mol. The van der Waals surface area contributed by atoms with Crippen LogP contribution >= 0.6 is 0 Å². The summed E-state index contributed by atoms with van der Waals surface area (Å²) in [7, 11) is 0. The maximum atomic E-state index is 14.7. The van der Waals surface area contributed by atoms with Crippen molar-refractivity contribution < 1.29 is 37.3 Å². The summed E-state index contributed by atoms with van der Waals surface area (Å²) < 4.78 is 49.0. The fourth-order valence-electron chi connectivity index (χ4n) is 2.95. The molecule has 0 bridgehead atoms. The molecular formula is C29H22F2O6. The number of benzene rings is 3. The van der Waals surface area contributed by atoms with Crippen LogP contribution in [0.3, 0.4) is 0 Å². The number of halogens is 2. The Morgan fingerprint density at radius 3 is 1.92 bits per heavy atom. The molecule has 0 spiro atoms. The highest BCUT2D eigenvalue weighted by molar-refractivity contribution is 5.87. The summed E-state index contributed by atoms with van der Waals surface area (Å²) >= 11 is 0. The second kappa shape index (κ2) is 12.6. The van der Waals surface area contributed by atoms with Gasteiger partial charge in [-0.05, 0) is 47.9 Å². The zero-order valence-corrected chi connectivity index (χ0v) is 19.8. The summed E-state index contributed by atoms with van der Waals surface area (Å²) in [6.45, 7) is 8.17. The molecule has 0 atom stereocenters. The maximum Gasteiger partial charge on any atom is 0.338 e. The van der Waals surface area contributed by atoms with E-state index >= 15 is 0 Å². The van der Waals surface area contributed by atoms with Crippen molar-refractivity contribution in [3.05, 3.63) is 122 Å². The average Bonchev–Trinajstić information content (AvgIpc) is 2.91. The Kier molecular flexibility index (Phi) is 9.10. The van der Waals surface area contributed by atoms with Crippen LogP contribution in [-0.2, 0) is 19.1 Å². The van der Waals surface area contributed by atoms with Gasteiger partial charge in [0.25, 0.3) is 0 Å². The standard InChI is InChI=1S/C29H22F2O6/c1-4-26(32)36-17-15-34-23-11-9-21(10-12-23)20-5-7-22(8-6-20)24-13-14-25(28(31)27(24)30)35-16-18-37-29(33)19(2)3/h4-18H,1-2H2,3H3/b17-15-,18-16-. The number of hydrogen-bond acceptors (Lipinski definition) is 6. The topological polar surface area (TPSA) is 71.1 Å². The predicted octanol–water partition coefficient (Wildman–Crippen LogP) is 6.85. The lowest BCUT2D eigenvalue weighted by Gasteiger charge is -2.09. The Labute approximate surface area is 212 Å². The Bertz CT molecular complexity index is 1360. The van der Waals surface area contributed by atoms with E-state index in [1.807, 2.05) is 12.1 Å². The first-order valence-electron chi connectivity index (χ1n) is 10.8. The molecule has 0 radical (unpaired) electrons. The molecule has 8 heteroatoms. The van der Waals surface area contributed by atoms with Gasteiger partial charge in [-0.15, -0.1) is 0 Å². The molecule has 0 saturated carbocycles. The van der Waals surface area contributed by atoms with E-state index in [-0.39, 0.29) is 16.9 Å². The molecule has 0 unspecified atom stereocenters. The number of ether oxygens (including phenoxy) is 4. The van der Waals surface area contributed by atoms with E-state index < -0.39 is 23.6 Å². The lowest BCUT2D eigenvalue weighted by Crippen LogP contribution is -2.00. The Morgan fingerprint density at radius 2 is 1.30 bits per heavy atom. The van der Waals surface area contributed by atoms with Crippen LogP contribution in [0.5, 0.6) is 11.5 Å². The van der Waals surface area contributed by atoms with Gasteiger partial charge in [0.1, 0.15) is 30.8 Å². The van der Waals surface area contributed by atoms with Gasteiger partial charge in [-0.25, -0.2) is 14.0 Å². The van der Waals surface area contributed by atoms with Crippen molar-refractivity contribution in [2.24, 2.45) is 0 Å². The molecule has 188 valence electrons. The van der Waals surface area contributed by atoms with E-state index in [0.717, 1.165) is 36.0 Å². The van der Waals surface area contributed by atoms with Gasteiger partial charge in [0.05, 0.1) is 0 Å². The molecule has 6 nitrogen and oxygen atoms in total. The molecule has 0 heterocycles. The number of rotatable bonds is 10. The van der Waals surface area contributed by atoms with Gasteiger partial charge in [0, 0.05) is 17.2 Å². The van der Waals surface area contributed by atoms with E-state index in [4.69, 9.17) is 9.47 Å². The lowest BCUT2D eigenvalue weighted by molar-refractivity contribution is -0.134. The van der Waals surface area contributed by atoms with Crippen LogP contribution in [0.25, 0.3) is 22.3 Å². The Hall–Kier alpha value is -4.98. The first-order valence-corrected chi connectivity index (χ1v) is 10.8. The second-order valence-electron chi connectivity index (χ2n) is 7.45. The molecule has 3 aromatic rings. The van der Waals surface area contributed by atoms with Gasteiger partial charge in [0.15, 0.2) is 11.6 Å². The fraction of sp³-hybridized carbons (Fsp3) is 0.0345. The molecule has 3 rings (SSSR count). The second-order valence-corrected chi connectivity index (χ2v) is 7.45. The van der Waals surface area contributed by atoms with E-state index in [1.54, 1.807) is 36.4 Å². The molecule has 0 aliphatic rings. The van der Waals surface area contributed by atoms with E-state index in [1.165, 1.54) is 25.3 Å². The molecule has 0 amide bonds. The number of carbonyl (C=O) groups is 2. The Balaban J connectivity index is 1.66. The third-order valence-electron chi connectivity index (χ3n) is 4.82. The minimum Gasteiger partial charge on any atom is -0.462 e. The van der Waals surface area contributed by atoms with Crippen LogP contribution in [0.4, 0.5) is 8.78 Å². The van der Waals surface area contributed by atoms with Gasteiger partial charge in [-0.1, -0.05) is 49.6 Å². The van der Waals surface area contributed by atoms with Crippen LogP contribution in [0.2, 0.25) is 0 Å². The number of carbonyl (C=O) groups excluding carboxylic acids is 2. The third-order valence-corrected chi connectivity index (χ3v) is 4.82. The highest BCUT2D eigenvalue weighted by Crippen LogP contribution is 2.32. The van der Waals surface area contributed by atoms with E-state index in [9.17, 15) is 18.4 Å². The summed E-state index contributed by atoms with van der Waals surface area (Å²) in [5.41, 5.74) is 2.43. The van der Waals surface area contributed by atoms with Crippen molar-refractivity contribution in [2.45, 2.75) is 6.92 Å². The SMILES string of the molecule is C=CC(=O)O/C=C\Oc1ccc(-c2ccc(-c3ccc(O/C=C\OC(=O)C(=C)C)c(F)c3F)cc2)cc1. The van der Waals surface area contributed by atoms with Crippen molar-refractivity contribution in [2.75, 3.05) is 0 Å². The smallest absolute Gasteiger partial charge is 0.338 e. The van der Waals surface area contributed by atoms with Gasteiger partial charge < -0.3 is 18.9 Å². The highest BCUT2D eigenvalue weighted by atomic mass is 19.2. The molecule has 0 aliphatic carbocycles. The van der Waals surface area contributed by atoms with Crippen LogP contribution in [0.1, 0.15) is 6.92 Å². The zero-order chi connectivity index (χ0) is 26.8. The van der Waals surface area contributed by atoms with Crippen molar-refractivity contribution in [1.29, 1.82) is 0 Å². The molecule has 0 aromatic heterocycles. The first kappa shape index (κ1) is 26.6. The Morgan fingerprint density at radius 1 is 0.730 bits per heavy atom. The largest absolute Gasteiger partial charge is 0.462 e. The molecule has 0 aliphatic heterocycles. The van der Waals surface area contributed by atoms with Gasteiger partial charge >= 0.3 is 11.9 Å². The highest BCUT2D eigenvalue weighted by Gasteiger charge is 2.16. The van der Waals surface area contributed by atoms with Gasteiger partial charge in [-0.2, -0.15) is 4.39 Å². The quantitative estimate of drug-likeness (QED) is 0.171. The van der Waals surface area contributed by atoms with Crippen molar-refractivity contribution >= 4 is 11.9 Å². The fourth-order valence-corrected chi connectivity index (χ4v) is 2.95. The van der Waals surface area contributed by atoms with Crippen LogP contribution < -0.4 is 9.47 Å². The maximum absolute atomic E-state index is 14.7. The first-order chi connectivity index (χ1) is 17.8. The van der Waals surface area contributed by atoms with Crippen LogP contribution in [0.15, 0.2) is 111 Å². The monoisotopic (exact) mass is 504 g/mol. The van der Waals surface area contributed by atoms with Crippen molar-refractivity contribution in [3.8, 4) is 33.8 Å². The predicted molar refractivity (Wildman–Crippen MR) is 134 cm³/mol. The van der Waals surface area contributed by atoms with E-state index in [2.05, 4.69) is 22.6 Å². The summed E-state index contributed by atoms with van der Waals surface area (Å²) in [6, 6.07) is 16.7. The normalized spacial score (nSPS) is 10.8. The molecule has 37 heavy (non-hydrogen) atoms. The van der Waals surface area contributed by atoms with E-state index in [0.29, 0.717) is 11.3 Å². The number of hydrogen-bond donors (Lipinski definition) is 0. The average molecular weight is 504 g/mol. The summed E-state index contributed by atoms with van der Waals surface area (Å²) in [6.07, 6.45) is 5.21. The molecule has 3 aromatic carbocycles. The van der Waals surface area contributed by atoms with Crippen LogP contribution in [-0.4, -0.2) is 11.9 Å². The lowest BCUT2D eigenvalue weighted by atomic mass is 9.99. The molecule has 0 fully saturated rings. The minimum absolute atomic E-state index is 0.0572.